The van der Waals surface area contributed by atoms with Gasteiger partial charge in [0.1, 0.15) is 6.04 Å². The standard InChI is InChI=1S/C23H21N3O3/c1-24(2)15-12-10-14(11-13-15)21-20-18(8-5-9-19(20)27)25-22(28)16-6-3-4-7-17(16)23(29)26(21)25/h3-4,6-7,10-13,21H,5,8-9H2,1-2H3. The maximum absolute atomic E-state index is 13.4. The number of aromatic nitrogens is 2. The van der Waals surface area contributed by atoms with Gasteiger partial charge in [-0.2, -0.15) is 0 Å². The Labute approximate surface area is 167 Å². The Hall–Kier alpha value is -3.41. The zero-order valence-electron chi connectivity index (χ0n) is 16.4. The number of anilines is 1. The number of carbonyl (C=O) groups is 1. The van der Waals surface area contributed by atoms with Crippen LogP contribution in [0.2, 0.25) is 0 Å². The monoisotopic (exact) mass is 387 g/mol. The highest BCUT2D eigenvalue weighted by Crippen LogP contribution is 2.41. The van der Waals surface area contributed by atoms with Gasteiger partial charge in [-0.15, -0.1) is 0 Å². The lowest BCUT2D eigenvalue weighted by Gasteiger charge is -2.20. The van der Waals surface area contributed by atoms with Crippen molar-refractivity contribution in [3.63, 3.8) is 0 Å². The number of allylic oxidation sites excluding steroid dienone is 2. The van der Waals surface area contributed by atoms with Crippen molar-refractivity contribution in [3.8, 4) is 0 Å². The Morgan fingerprint density at radius 3 is 2.17 bits per heavy atom. The lowest BCUT2D eigenvalue weighted by molar-refractivity contribution is -0.116. The van der Waals surface area contributed by atoms with Gasteiger partial charge in [0, 0.05) is 31.8 Å². The second-order valence-corrected chi connectivity index (χ2v) is 7.84. The van der Waals surface area contributed by atoms with Crippen LogP contribution in [0.3, 0.4) is 0 Å². The third-order valence-corrected chi connectivity index (χ3v) is 5.93. The first-order valence-electron chi connectivity index (χ1n) is 9.79. The lowest BCUT2D eigenvalue weighted by Crippen LogP contribution is -2.37. The van der Waals surface area contributed by atoms with E-state index in [0.717, 1.165) is 11.3 Å². The third kappa shape index (κ3) is 2.45. The van der Waals surface area contributed by atoms with E-state index in [2.05, 4.69) is 0 Å². The highest BCUT2D eigenvalue weighted by molar-refractivity contribution is 6.04. The molecule has 0 saturated heterocycles. The topological polar surface area (TPSA) is 64.3 Å². The fourth-order valence-corrected chi connectivity index (χ4v) is 4.53. The van der Waals surface area contributed by atoms with E-state index in [9.17, 15) is 14.4 Å². The van der Waals surface area contributed by atoms with Crippen LogP contribution in [0.15, 0.2) is 63.7 Å². The van der Waals surface area contributed by atoms with Crippen molar-refractivity contribution in [2.75, 3.05) is 19.0 Å². The summed E-state index contributed by atoms with van der Waals surface area (Å²) in [5, 5.41) is 0.776. The first-order chi connectivity index (χ1) is 14.0. The molecule has 6 nitrogen and oxygen atoms in total. The number of Topliss-reactive ketones (excluding diaryl/α,β-unsaturated/α-hetero) is 1. The summed E-state index contributed by atoms with van der Waals surface area (Å²) in [5.74, 6) is 0.0204. The second kappa shape index (κ2) is 6.30. The molecule has 2 heterocycles. The van der Waals surface area contributed by atoms with Gasteiger partial charge in [-0.05, 0) is 42.7 Å². The smallest absolute Gasteiger partial charge is 0.277 e. The van der Waals surface area contributed by atoms with E-state index >= 15 is 0 Å². The Bertz CT molecular complexity index is 1310. The van der Waals surface area contributed by atoms with Gasteiger partial charge in [0.25, 0.3) is 11.1 Å². The minimum Gasteiger partial charge on any atom is -0.378 e. The van der Waals surface area contributed by atoms with E-state index in [1.165, 1.54) is 9.36 Å². The predicted octanol–water partition coefficient (Wildman–Crippen LogP) is 2.80. The number of carbonyl (C=O) groups excluding carboxylic acids is 1. The zero-order valence-corrected chi connectivity index (χ0v) is 16.4. The Morgan fingerprint density at radius 2 is 1.52 bits per heavy atom. The lowest BCUT2D eigenvalue weighted by atomic mass is 9.88. The van der Waals surface area contributed by atoms with Crippen molar-refractivity contribution in [2.24, 2.45) is 0 Å². The number of hydrogen-bond donors (Lipinski definition) is 0. The summed E-state index contributed by atoms with van der Waals surface area (Å²) in [6, 6.07) is 14.1. The summed E-state index contributed by atoms with van der Waals surface area (Å²) < 4.78 is 2.95. The number of fused-ring (bicyclic) bond motifs is 3. The Morgan fingerprint density at radius 1 is 0.862 bits per heavy atom. The fraction of sp³-hybridized carbons (Fsp3) is 0.261. The van der Waals surface area contributed by atoms with Crippen LogP contribution in [-0.2, 0) is 4.79 Å². The van der Waals surface area contributed by atoms with E-state index in [0.29, 0.717) is 41.3 Å². The summed E-state index contributed by atoms with van der Waals surface area (Å²) in [4.78, 5) is 41.7. The average Bonchev–Trinajstić information content (AvgIpc) is 3.09. The second-order valence-electron chi connectivity index (χ2n) is 7.84. The van der Waals surface area contributed by atoms with Crippen molar-refractivity contribution >= 4 is 27.9 Å². The van der Waals surface area contributed by atoms with Crippen molar-refractivity contribution in [1.29, 1.82) is 0 Å². The van der Waals surface area contributed by atoms with Gasteiger partial charge < -0.3 is 4.90 Å². The van der Waals surface area contributed by atoms with E-state index in [4.69, 9.17) is 0 Å². The average molecular weight is 387 g/mol. The molecule has 0 amide bonds. The molecule has 0 N–H and O–H groups in total. The molecular formula is C23H21N3O3. The molecule has 0 saturated carbocycles. The maximum atomic E-state index is 13.4. The van der Waals surface area contributed by atoms with Crippen LogP contribution < -0.4 is 16.0 Å². The Kier molecular flexibility index (Phi) is 3.84. The molecule has 1 atom stereocenters. The molecule has 1 aliphatic carbocycles. The van der Waals surface area contributed by atoms with Gasteiger partial charge >= 0.3 is 0 Å². The van der Waals surface area contributed by atoms with Crippen LogP contribution in [0.5, 0.6) is 0 Å². The molecule has 29 heavy (non-hydrogen) atoms. The van der Waals surface area contributed by atoms with Gasteiger partial charge in [0.15, 0.2) is 5.78 Å². The maximum Gasteiger partial charge on any atom is 0.277 e. The molecule has 3 aromatic rings. The molecule has 2 aliphatic rings. The number of rotatable bonds is 2. The normalized spacial score (nSPS) is 18.1. The first kappa shape index (κ1) is 17.7. The molecule has 6 heteroatoms. The molecule has 0 spiro atoms. The third-order valence-electron chi connectivity index (χ3n) is 5.93. The number of nitrogens with zero attached hydrogens (tertiary/aromatic N) is 3. The zero-order chi connectivity index (χ0) is 20.3. The van der Waals surface area contributed by atoms with Gasteiger partial charge in [-0.1, -0.05) is 24.3 Å². The van der Waals surface area contributed by atoms with Gasteiger partial charge in [-0.3, -0.25) is 14.4 Å². The molecule has 1 aromatic heterocycles. The summed E-state index contributed by atoms with van der Waals surface area (Å²) in [6.45, 7) is 0. The van der Waals surface area contributed by atoms with Crippen molar-refractivity contribution in [1.82, 2.24) is 9.36 Å². The highest BCUT2D eigenvalue weighted by Gasteiger charge is 2.39. The molecule has 1 aliphatic heterocycles. The SMILES string of the molecule is CN(C)c1ccc(C2C3=C(CCCC3=O)n3c(=O)c4ccccc4c(=O)n32)cc1. The van der Waals surface area contributed by atoms with E-state index in [-0.39, 0.29) is 16.9 Å². The van der Waals surface area contributed by atoms with E-state index in [1.54, 1.807) is 24.3 Å². The molecule has 5 rings (SSSR count). The Balaban J connectivity index is 1.85. The van der Waals surface area contributed by atoms with Crippen LogP contribution in [0.4, 0.5) is 5.69 Å². The summed E-state index contributed by atoms with van der Waals surface area (Å²) in [6.07, 6.45) is 1.75. The first-order valence-corrected chi connectivity index (χ1v) is 9.79. The summed E-state index contributed by atoms with van der Waals surface area (Å²) in [7, 11) is 3.92. The highest BCUT2D eigenvalue weighted by atomic mass is 16.2. The van der Waals surface area contributed by atoms with Gasteiger partial charge in [-0.25, -0.2) is 9.36 Å². The number of hydrogen-bond acceptors (Lipinski definition) is 4. The molecule has 146 valence electrons. The van der Waals surface area contributed by atoms with Crippen molar-refractivity contribution < 1.29 is 4.79 Å². The quantitative estimate of drug-likeness (QED) is 0.678. The minimum atomic E-state index is -0.571. The molecular weight excluding hydrogens is 366 g/mol. The number of ketones is 1. The van der Waals surface area contributed by atoms with E-state index in [1.807, 2.05) is 43.3 Å². The summed E-state index contributed by atoms with van der Waals surface area (Å²) in [5.41, 5.74) is 2.64. The van der Waals surface area contributed by atoms with Crippen LogP contribution in [0.25, 0.3) is 16.5 Å². The molecule has 1 unspecified atom stereocenters. The number of benzene rings is 2. The van der Waals surface area contributed by atoms with Gasteiger partial charge in [0.05, 0.1) is 16.5 Å². The van der Waals surface area contributed by atoms with Gasteiger partial charge in [0.2, 0.25) is 0 Å². The van der Waals surface area contributed by atoms with Crippen LogP contribution in [0, 0.1) is 0 Å². The molecule has 2 aromatic carbocycles. The predicted molar refractivity (Wildman–Crippen MR) is 113 cm³/mol. The van der Waals surface area contributed by atoms with Crippen molar-refractivity contribution in [2.45, 2.75) is 25.3 Å². The van der Waals surface area contributed by atoms with Crippen LogP contribution in [0.1, 0.15) is 30.9 Å². The van der Waals surface area contributed by atoms with Crippen molar-refractivity contribution in [3.05, 3.63) is 80.4 Å². The fourth-order valence-electron chi connectivity index (χ4n) is 4.53. The molecule has 0 fully saturated rings. The largest absolute Gasteiger partial charge is 0.378 e. The van der Waals surface area contributed by atoms with Crippen LogP contribution in [-0.4, -0.2) is 29.2 Å². The molecule has 0 radical (unpaired) electrons. The summed E-state index contributed by atoms with van der Waals surface area (Å²) >= 11 is 0. The molecule has 0 bridgehead atoms. The van der Waals surface area contributed by atoms with Crippen LogP contribution >= 0.6 is 0 Å². The van der Waals surface area contributed by atoms with E-state index < -0.39 is 6.04 Å². The minimum absolute atomic E-state index is 0.0204.